The first-order valence-electron chi connectivity index (χ1n) is 5.15. The number of alkyl halides is 4. The highest BCUT2D eigenvalue weighted by Gasteiger charge is 2.41. The van der Waals surface area contributed by atoms with Crippen LogP contribution >= 0.6 is 0 Å². The molecule has 8 heteroatoms. The number of nitrogens with two attached hydrogens (primary N) is 1. The van der Waals surface area contributed by atoms with Gasteiger partial charge in [0.15, 0.2) is 6.61 Å². The number of nitrogen functional groups attached to an aromatic ring is 1. The van der Waals surface area contributed by atoms with Crippen LogP contribution in [-0.4, -0.2) is 28.9 Å². The smallest absolute Gasteiger partial charge is 0.340 e. The minimum Gasteiger partial charge on any atom is -0.471 e. The van der Waals surface area contributed by atoms with Gasteiger partial charge in [-0.25, -0.2) is 13.8 Å². The highest BCUT2D eigenvalue weighted by atomic mass is 19.3. The summed E-state index contributed by atoms with van der Waals surface area (Å²) in [5.41, 5.74) is 5.43. The molecule has 0 bridgehead atoms. The Morgan fingerprint density at radius 1 is 1.33 bits per heavy atom. The van der Waals surface area contributed by atoms with E-state index in [0.29, 0.717) is 5.82 Å². The Morgan fingerprint density at radius 2 is 1.94 bits per heavy atom. The lowest BCUT2D eigenvalue weighted by atomic mass is 10.2. The molecular weight excluding hydrogens is 254 g/mol. The SMILES string of the molecule is CC(C)c1nc(N)cc(OCC(F)(F)C(F)F)n1. The van der Waals surface area contributed by atoms with Gasteiger partial charge in [-0.1, -0.05) is 13.8 Å². The first-order chi connectivity index (χ1) is 8.22. The number of halogens is 4. The predicted molar refractivity (Wildman–Crippen MR) is 57.0 cm³/mol. The van der Waals surface area contributed by atoms with Crippen LogP contribution in [-0.2, 0) is 0 Å². The maximum Gasteiger partial charge on any atom is 0.340 e. The minimum atomic E-state index is -4.22. The molecule has 0 aliphatic rings. The van der Waals surface area contributed by atoms with Crippen molar-refractivity contribution < 1.29 is 22.3 Å². The number of hydrogen-bond donors (Lipinski definition) is 1. The molecule has 0 atom stereocenters. The van der Waals surface area contributed by atoms with Gasteiger partial charge >= 0.3 is 12.3 Å². The van der Waals surface area contributed by atoms with Crippen molar-refractivity contribution in [3.05, 3.63) is 11.9 Å². The minimum absolute atomic E-state index is 0.0315. The molecule has 18 heavy (non-hydrogen) atoms. The van der Waals surface area contributed by atoms with E-state index in [1.54, 1.807) is 13.8 Å². The Balaban J connectivity index is 2.79. The summed E-state index contributed by atoms with van der Waals surface area (Å²) < 4.78 is 53.7. The third kappa shape index (κ3) is 3.71. The molecular formula is C10H13F4N3O. The van der Waals surface area contributed by atoms with Gasteiger partial charge in [0.05, 0.1) is 0 Å². The Labute approximate surface area is 101 Å². The molecule has 0 saturated heterocycles. The van der Waals surface area contributed by atoms with Crippen LogP contribution in [0.2, 0.25) is 0 Å². The molecule has 0 amide bonds. The summed E-state index contributed by atoms with van der Waals surface area (Å²) in [6.45, 7) is 2.08. The van der Waals surface area contributed by atoms with Crippen molar-refractivity contribution in [3.63, 3.8) is 0 Å². The van der Waals surface area contributed by atoms with Crippen LogP contribution in [0.4, 0.5) is 23.4 Å². The molecule has 1 rings (SSSR count). The van der Waals surface area contributed by atoms with Crippen molar-refractivity contribution in [1.29, 1.82) is 0 Å². The first-order valence-corrected chi connectivity index (χ1v) is 5.15. The molecule has 4 nitrogen and oxygen atoms in total. The second kappa shape index (κ2) is 5.36. The van der Waals surface area contributed by atoms with Crippen LogP contribution in [0.5, 0.6) is 5.88 Å². The summed E-state index contributed by atoms with van der Waals surface area (Å²) >= 11 is 0. The van der Waals surface area contributed by atoms with E-state index in [-0.39, 0.29) is 17.6 Å². The predicted octanol–water partition coefficient (Wildman–Crippen LogP) is 2.46. The summed E-state index contributed by atoms with van der Waals surface area (Å²) in [6, 6.07) is 1.10. The van der Waals surface area contributed by atoms with Gasteiger partial charge in [-0.05, 0) is 0 Å². The lowest BCUT2D eigenvalue weighted by Gasteiger charge is -2.16. The molecule has 0 aliphatic heterocycles. The van der Waals surface area contributed by atoms with Crippen molar-refractivity contribution >= 4 is 5.82 Å². The quantitative estimate of drug-likeness (QED) is 0.832. The fourth-order valence-corrected chi connectivity index (χ4v) is 1.03. The number of ether oxygens (including phenoxy) is 1. The number of aromatic nitrogens is 2. The summed E-state index contributed by atoms with van der Waals surface area (Å²) in [5, 5.41) is 0. The van der Waals surface area contributed by atoms with Crippen LogP contribution in [0.25, 0.3) is 0 Å². The monoisotopic (exact) mass is 267 g/mol. The van der Waals surface area contributed by atoms with Crippen LogP contribution in [0.15, 0.2) is 6.07 Å². The van der Waals surface area contributed by atoms with Crippen molar-refractivity contribution in [2.45, 2.75) is 32.1 Å². The number of anilines is 1. The zero-order valence-electron chi connectivity index (χ0n) is 9.83. The highest BCUT2D eigenvalue weighted by Crippen LogP contribution is 2.24. The van der Waals surface area contributed by atoms with Gasteiger partial charge < -0.3 is 10.5 Å². The van der Waals surface area contributed by atoms with E-state index in [4.69, 9.17) is 5.73 Å². The van der Waals surface area contributed by atoms with Gasteiger partial charge in [-0.3, -0.25) is 0 Å². The van der Waals surface area contributed by atoms with Crippen molar-refractivity contribution in [2.24, 2.45) is 0 Å². The van der Waals surface area contributed by atoms with Gasteiger partial charge in [0.2, 0.25) is 5.88 Å². The van der Waals surface area contributed by atoms with Gasteiger partial charge in [-0.15, -0.1) is 0 Å². The van der Waals surface area contributed by atoms with Gasteiger partial charge in [0.1, 0.15) is 11.6 Å². The molecule has 1 heterocycles. The Hall–Kier alpha value is -1.60. The lowest BCUT2D eigenvalue weighted by molar-refractivity contribution is -0.148. The van der Waals surface area contributed by atoms with Crippen LogP contribution in [0.3, 0.4) is 0 Å². The summed E-state index contributed by atoms with van der Waals surface area (Å²) in [6.07, 6.45) is -3.79. The molecule has 0 unspecified atom stereocenters. The third-order valence-corrected chi connectivity index (χ3v) is 1.99. The molecule has 0 aliphatic carbocycles. The molecule has 0 radical (unpaired) electrons. The average molecular weight is 267 g/mol. The second-order valence-electron chi connectivity index (χ2n) is 3.99. The Kier molecular flexibility index (Phi) is 4.31. The fraction of sp³-hybridized carbons (Fsp3) is 0.600. The number of nitrogens with zero attached hydrogens (tertiary/aromatic N) is 2. The summed E-state index contributed by atoms with van der Waals surface area (Å²) in [7, 11) is 0. The van der Waals surface area contributed by atoms with E-state index >= 15 is 0 Å². The van der Waals surface area contributed by atoms with Crippen molar-refractivity contribution in [2.75, 3.05) is 12.3 Å². The normalized spacial score (nSPS) is 12.2. The van der Waals surface area contributed by atoms with E-state index in [1.165, 1.54) is 0 Å². The first kappa shape index (κ1) is 14.5. The van der Waals surface area contributed by atoms with E-state index in [2.05, 4.69) is 14.7 Å². The van der Waals surface area contributed by atoms with Crippen LogP contribution < -0.4 is 10.5 Å². The molecule has 0 saturated carbocycles. The van der Waals surface area contributed by atoms with E-state index in [0.717, 1.165) is 6.07 Å². The van der Waals surface area contributed by atoms with Crippen molar-refractivity contribution in [3.8, 4) is 5.88 Å². The summed E-state index contributed by atoms with van der Waals surface area (Å²) in [4.78, 5) is 7.67. The average Bonchev–Trinajstić information content (AvgIpc) is 2.25. The molecule has 102 valence electrons. The molecule has 0 fully saturated rings. The van der Waals surface area contributed by atoms with Gasteiger partial charge in [-0.2, -0.15) is 13.8 Å². The Bertz CT molecular complexity index is 412. The maximum atomic E-state index is 12.6. The van der Waals surface area contributed by atoms with Crippen LogP contribution in [0, 0.1) is 0 Å². The Morgan fingerprint density at radius 3 is 2.44 bits per heavy atom. The van der Waals surface area contributed by atoms with E-state index in [9.17, 15) is 17.6 Å². The van der Waals surface area contributed by atoms with E-state index in [1.807, 2.05) is 0 Å². The van der Waals surface area contributed by atoms with Gasteiger partial charge in [0.25, 0.3) is 0 Å². The zero-order valence-corrected chi connectivity index (χ0v) is 9.83. The molecule has 1 aromatic heterocycles. The van der Waals surface area contributed by atoms with Gasteiger partial charge in [0, 0.05) is 12.0 Å². The third-order valence-electron chi connectivity index (χ3n) is 1.99. The molecule has 1 aromatic rings. The molecule has 2 N–H and O–H groups in total. The maximum absolute atomic E-state index is 12.6. The number of hydrogen-bond acceptors (Lipinski definition) is 4. The van der Waals surface area contributed by atoms with Crippen LogP contribution in [0.1, 0.15) is 25.6 Å². The molecule has 0 spiro atoms. The standard InChI is InChI=1S/C10H13F4N3O/c1-5(2)8-16-6(15)3-7(17-8)18-4-10(13,14)9(11)12/h3,5,9H,4H2,1-2H3,(H2,15,16,17). The lowest BCUT2D eigenvalue weighted by Crippen LogP contribution is -2.34. The van der Waals surface area contributed by atoms with Crippen molar-refractivity contribution in [1.82, 2.24) is 9.97 Å². The zero-order chi connectivity index (χ0) is 13.9. The fourth-order valence-electron chi connectivity index (χ4n) is 1.03. The second-order valence-corrected chi connectivity index (χ2v) is 3.99. The van der Waals surface area contributed by atoms with E-state index < -0.39 is 19.0 Å². The number of rotatable bonds is 5. The molecule has 0 aromatic carbocycles. The highest BCUT2D eigenvalue weighted by molar-refractivity contribution is 5.33. The summed E-state index contributed by atoms with van der Waals surface area (Å²) in [5.74, 6) is -4.23. The largest absolute Gasteiger partial charge is 0.471 e. The topological polar surface area (TPSA) is 61.0 Å².